The summed E-state index contributed by atoms with van der Waals surface area (Å²) in [6.45, 7) is 4.92. The predicted molar refractivity (Wildman–Crippen MR) is 393 cm³/mol. The Balaban J connectivity index is 3.29. The minimum absolute atomic E-state index is 0.0208. The highest BCUT2D eigenvalue weighted by molar-refractivity contribution is 5.76. The molecule has 0 fully saturated rings. The van der Waals surface area contributed by atoms with E-state index in [-0.39, 0.29) is 18.5 Å². The summed E-state index contributed by atoms with van der Waals surface area (Å²) in [5.74, 6) is -0.0386. The Labute approximate surface area is 557 Å². The fraction of sp³-hybridized carbons (Fsp3) is 0.904. The van der Waals surface area contributed by atoms with E-state index in [1.807, 2.05) is 6.08 Å². The molecule has 89 heavy (non-hydrogen) atoms. The Kier molecular flexibility index (Phi) is 76.8. The highest BCUT2D eigenvalue weighted by Gasteiger charge is 2.18. The number of ether oxygens (including phenoxy) is 1. The molecule has 0 aromatic rings. The van der Waals surface area contributed by atoms with Gasteiger partial charge < -0.3 is 20.3 Å². The van der Waals surface area contributed by atoms with Gasteiger partial charge in [0.15, 0.2) is 0 Å². The largest absolute Gasteiger partial charge is 0.466 e. The number of nitrogens with one attached hydrogen (secondary N) is 1. The van der Waals surface area contributed by atoms with Crippen LogP contribution < -0.4 is 5.32 Å². The van der Waals surface area contributed by atoms with Gasteiger partial charge in [-0.15, -0.1) is 0 Å². The highest BCUT2D eigenvalue weighted by atomic mass is 16.5. The van der Waals surface area contributed by atoms with E-state index < -0.39 is 12.1 Å². The molecule has 6 heteroatoms. The van der Waals surface area contributed by atoms with Crippen LogP contribution in [0.4, 0.5) is 0 Å². The molecule has 0 aromatic carbocycles. The van der Waals surface area contributed by atoms with Crippen molar-refractivity contribution in [2.45, 2.75) is 469 Å². The first-order valence-electron chi connectivity index (χ1n) is 40.8. The summed E-state index contributed by atoms with van der Waals surface area (Å²) < 4.78 is 5.52. The average Bonchev–Trinajstić information content (AvgIpc) is 3.68. The molecule has 6 nitrogen and oxygen atoms in total. The Morgan fingerprint density at radius 2 is 0.562 bits per heavy atom. The molecule has 2 atom stereocenters. The second-order valence-corrected chi connectivity index (χ2v) is 28.1. The number of carbonyl (C=O) groups is 2. The monoisotopic (exact) mass is 1250 g/mol. The summed E-state index contributed by atoms with van der Waals surface area (Å²) in [7, 11) is 0. The zero-order valence-electron chi connectivity index (χ0n) is 60.4. The van der Waals surface area contributed by atoms with Crippen LogP contribution in [0.25, 0.3) is 0 Å². The maximum Gasteiger partial charge on any atom is 0.305 e. The second kappa shape index (κ2) is 78.5. The summed E-state index contributed by atoms with van der Waals surface area (Å²) in [6, 6.07) is -0.623. The number of amides is 1. The van der Waals surface area contributed by atoms with Crippen molar-refractivity contribution in [3.63, 3.8) is 0 Å². The summed E-state index contributed by atoms with van der Waals surface area (Å²) in [5.41, 5.74) is 0. The molecular formula is C83H159NO5. The third-order valence-electron chi connectivity index (χ3n) is 19.2. The number of rotatable bonds is 77. The number of aliphatic hydroxyl groups is 2. The number of aliphatic hydroxyl groups excluding tert-OH is 2. The molecule has 0 saturated carbocycles. The Morgan fingerprint density at radius 1 is 0.315 bits per heavy atom. The van der Waals surface area contributed by atoms with Crippen LogP contribution in [-0.4, -0.2) is 47.4 Å². The van der Waals surface area contributed by atoms with E-state index >= 15 is 0 Å². The standard InChI is InChI=1S/C83H159NO5/c1-3-5-7-9-11-13-15-17-19-20-42-46-49-53-57-61-65-69-73-77-83(88)89-78-74-70-66-62-58-54-50-47-44-41-39-37-35-33-31-29-27-25-23-21-22-24-26-28-30-32-34-36-38-40-43-45-48-52-56-60-64-68-72-76-82(87)84-80(79-85)81(86)75-71-67-63-59-55-51-18-16-14-12-10-8-6-4-2/h11,13,17,19,71,75,80-81,85-86H,3-10,12,14-16,18,20-70,72-74,76-79H2,1-2H3,(H,84,87)/b13-11-,19-17-,75-71+. The molecule has 1 amide bonds. The molecule has 0 saturated heterocycles. The van der Waals surface area contributed by atoms with Gasteiger partial charge in [-0.1, -0.05) is 416 Å². The first-order valence-corrected chi connectivity index (χ1v) is 40.8. The molecular weight excluding hydrogens is 1090 g/mol. The van der Waals surface area contributed by atoms with Crippen molar-refractivity contribution >= 4 is 11.9 Å². The lowest BCUT2D eigenvalue weighted by atomic mass is 10.0. The lowest BCUT2D eigenvalue weighted by Gasteiger charge is -2.20. The van der Waals surface area contributed by atoms with Gasteiger partial charge in [-0.25, -0.2) is 0 Å². The van der Waals surface area contributed by atoms with E-state index in [4.69, 9.17) is 4.74 Å². The maximum atomic E-state index is 12.5. The Morgan fingerprint density at radius 3 is 0.876 bits per heavy atom. The molecule has 0 heterocycles. The van der Waals surface area contributed by atoms with Crippen molar-refractivity contribution in [1.82, 2.24) is 5.32 Å². The molecule has 0 aliphatic rings. The van der Waals surface area contributed by atoms with Gasteiger partial charge in [0.05, 0.1) is 25.4 Å². The minimum Gasteiger partial charge on any atom is -0.466 e. The van der Waals surface area contributed by atoms with E-state index in [2.05, 4.69) is 43.5 Å². The van der Waals surface area contributed by atoms with Crippen molar-refractivity contribution in [3.05, 3.63) is 36.5 Å². The van der Waals surface area contributed by atoms with E-state index in [1.165, 1.54) is 385 Å². The van der Waals surface area contributed by atoms with Crippen LogP contribution in [0.3, 0.4) is 0 Å². The molecule has 0 aromatic heterocycles. The molecule has 0 spiro atoms. The van der Waals surface area contributed by atoms with Crippen molar-refractivity contribution in [3.8, 4) is 0 Å². The molecule has 0 bridgehead atoms. The molecule has 0 aliphatic carbocycles. The van der Waals surface area contributed by atoms with Crippen molar-refractivity contribution < 1.29 is 24.5 Å². The molecule has 0 aliphatic heterocycles. The van der Waals surface area contributed by atoms with Crippen molar-refractivity contribution in [1.29, 1.82) is 0 Å². The van der Waals surface area contributed by atoms with Gasteiger partial charge in [0.1, 0.15) is 0 Å². The third kappa shape index (κ3) is 75.0. The highest BCUT2D eigenvalue weighted by Crippen LogP contribution is 2.20. The van der Waals surface area contributed by atoms with Crippen LogP contribution in [0.15, 0.2) is 36.5 Å². The Bertz CT molecular complexity index is 1440. The first kappa shape index (κ1) is 87.1. The van der Waals surface area contributed by atoms with Crippen LogP contribution in [0.2, 0.25) is 0 Å². The first-order chi connectivity index (χ1) is 44.0. The molecule has 526 valence electrons. The number of allylic oxidation sites excluding steroid dienone is 5. The van der Waals surface area contributed by atoms with Crippen molar-refractivity contribution in [2.75, 3.05) is 13.2 Å². The quantitative estimate of drug-likeness (QED) is 0.0320. The van der Waals surface area contributed by atoms with Gasteiger partial charge in [-0.2, -0.15) is 0 Å². The van der Waals surface area contributed by atoms with E-state index in [1.54, 1.807) is 6.08 Å². The zero-order valence-corrected chi connectivity index (χ0v) is 60.4. The van der Waals surface area contributed by atoms with Crippen molar-refractivity contribution in [2.24, 2.45) is 0 Å². The lowest BCUT2D eigenvalue weighted by molar-refractivity contribution is -0.143. The fourth-order valence-electron chi connectivity index (χ4n) is 13.0. The molecule has 0 radical (unpaired) electrons. The smallest absolute Gasteiger partial charge is 0.305 e. The zero-order chi connectivity index (χ0) is 64.2. The topological polar surface area (TPSA) is 95.9 Å². The number of esters is 1. The fourth-order valence-corrected chi connectivity index (χ4v) is 13.0. The van der Waals surface area contributed by atoms with Crippen LogP contribution >= 0.6 is 0 Å². The molecule has 3 N–H and O–H groups in total. The van der Waals surface area contributed by atoms with Gasteiger partial charge in [0.25, 0.3) is 0 Å². The molecule has 2 unspecified atom stereocenters. The van der Waals surface area contributed by atoms with Crippen LogP contribution in [0.5, 0.6) is 0 Å². The van der Waals surface area contributed by atoms with Gasteiger partial charge >= 0.3 is 5.97 Å². The van der Waals surface area contributed by atoms with Crippen LogP contribution in [0.1, 0.15) is 457 Å². The van der Waals surface area contributed by atoms with E-state index in [0.717, 1.165) is 44.9 Å². The maximum absolute atomic E-state index is 12.5. The predicted octanol–water partition coefficient (Wildman–Crippen LogP) is 27.0. The summed E-state index contributed by atoms with van der Waals surface area (Å²) in [5, 5.41) is 23.2. The average molecular weight is 1250 g/mol. The summed E-state index contributed by atoms with van der Waals surface area (Å²) in [4.78, 5) is 24.6. The van der Waals surface area contributed by atoms with Crippen LogP contribution in [-0.2, 0) is 14.3 Å². The van der Waals surface area contributed by atoms with E-state index in [9.17, 15) is 19.8 Å². The summed E-state index contributed by atoms with van der Waals surface area (Å²) in [6.07, 6.45) is 103. The number of unbranched alkanes of at least 4 members (excludes halogenated alkanes) is 62. The van der Waals surface area contributed by atoms with Crippen LogP contribution in [0, 0.1) is 0 Å². The SMILES string of the molecule is CCCCC/C=C\C/C=C\CCCCCCCCCCCC(=O)OCCCCCCCCCCCCCCCCCCCCCCCCCCCCCCCCCCCCCCCCCC(=O)NC(CO)C(O)/C=C/CCCCCCCCCCCCCC. The van der Waals surface area contributed by atoms with Gasteiger partial charge in [-0.3, -0.25) is 9.59 Å². The van der Waals surface area contributed by atoms with Gasteiger partial charge in [0.2, 0.25) is 5.91 Å². The lowest BCUT2D eigenvalue weighted by Crippen LogP contribution is -2.45. The number of carbonyl (C=O) groups excluding carboxylic acids is 2. The number of hydrogen-bond acceptors (Lipinski definition) is 5. The van der Waals surface area contributed by atoms with Gasteiger partial charge in [0, 0.05) is 12.8 Å². The normalized spacial score (nSPS) is 12.6. The minimum atomic E-state index is -0.839. The molecule has 0 rings (SSSR count). The Hall–Kier alpha value is -1.92. The summed E-state index contributed by atoms with van der Waals surface area (Å²) >= 11 is 0. The second-order valence-electron chi connectivity index (χ2n) is 28.1. The number of hydrogen-bond donors (Lipinski definition) is 3. The van der Waals surface area contributed by atoms with Gasteiger partial charge in [-0.05, 0) is 64.2 Å². The third-order valence-corrected chi connectivity index (χ3v) is 19.2. The van der Waals surface area contributed by atoms with E-state index in [0.29, 0.717) is 19.4 Å².